The summed E-state index contributed by atoms with van der Waals surface area (Å²) >= 11 is 5.97. The first-order chi connectivity index (χ1) is 10.6. The Morgan fingerprint density at radius 1 is 1.39 bits per heavy atom. The van der Waals surface area contributed by atoms with Crippen molar-refractivity contribution < 1.29 is 19.4 Å². The number of hydrogen-bond donors (Lipinski definition) is 0. The van der Waals surface area contributed by atoms with Gasteiger partial charge in [-0.25, -0.2) is 4.79 Å². The summed E-state index contributed by atoms with van der Waals surface area (Å²) in [5.41, 5.74) is -1.34. The first kappa shape index (κ1) is 17.6. The van der Waals surface area contributed by atoms with E-state index >= 15 is 0 Å². The van der Waals surface area contributed by atoms with Gasteiger partial charge in [-0.1, -0.05) is 23.7 Å². The van der Waals surface area contributed by atoms with Crippen LogP contribution in [0.3, 0.4) is 0 Å². The fourth-order valence-electron chi connectivity index (χ4n) is 2.91. The molecule has 1 fully saturated rings. The second-order valence-corrected chi connectivity index (χ2v) is 7.30. The fourth-order valence-corrected chi connectivity index (χ4v) is 3.13. The molecule has 23 heavy (non-hydrogen) atoms. The van der Waals surface area contributed by atoms with Crippen LogP contribution in [-0.4, -0.2) is 34.6 Å². The first-order valence-corrected chi connectivity index (χ1v) is 7.98. The molecular weight excluding hydrogens is 318 g/mol. The monoisotopic (exact) mass is 338 g/mol. The van der Waals surface area contributed by atoms with Gasteiger partial charge in [0.2, 0.25) is 0 Å². The molecular formula is C17H21ClNO4-. The SMILES string of the molecule is CC(C)(C)OC(=O)N1CCC[C@@]1(Cc1cccc(Cl)c1)C(=O)[O-]. The van der Waals surface area contributed by atoms with Gasteiger partial charge in [-0.2, -0.15) is 0 Å². The smallest absolute Gasteiger partial charge is 0.411 e. The van der Waals surface area contributed by atoms with Crippen molar-refractivity contribution in [2.24, 2.45) is 0 Å². The van der Waals surface area contributed by atoms with E-state index in [0.29, 0.717) is 24.4 Å². The summed E-state index contributed by atoms with van der Waals surface area (Å²) in [6.07, 6.45) is 0.450. The number of nitrogens with zero attached hydrogens (tertiary/aromatic N) is 1. The minimum Gasteiger partial charge on any atom is -0.548 e. The second kappa shape index (κ2) is 6.40. The Kier molecular flexibility index (Phi) is 4.90. The molecule has 0 radical (unpaired) electrons. The van der Waals surface area contributed by atoms with Crippen LogP contribution < -0.4 is 5.11 Å². The standard InChI is InChI=1S/C17H22ClNO4/c1-16(2,3)23-15(22)19-9-5-8-17(19,14(20)21)11-12-6-4-7-13(18)10-12/h4,6-7,10H,5,8-9,11H2,1-3H3,(H,20,21)/p-1/t17-/m1/s1. The Morgan fingerprint density at radius 2 is 2.09 bits per heavy atom. The molecule has 1 heterocycles. The zero-order chi connectivity index (χ0) is 17.3. The molecule has 1 aliphatic rings. The van der Waals surface area contributed by atoms with Gasteiger partial charge in [-0.3, -0.25) is 4.90 Å². The molecule has 0 aromatic heterocycles. The molecule has 0 unspecified atom stereocenters. The maximum Gasteiger partial charge on any atom is 0.411 e. The van der Waals surface area contributed by atoms with Crippen molar-refractivity contribution in [2.75, 3.05) is 6.54 Å². The lowest BCUT2D eigenvalue weighted by molar-refractivity contribution is -0.317. The van der Waals surface area contributed by atoms with E-state index in [1.165, 1.54) is 4.90 Å². The third-order valence-corrected chi connectivity index (χ3v) is 4.10. The third-order valence-electron chi connectivity index (χ3n) is 3.87. The number of carbonyl (C=O) groups excluding carboxylic acids is 2. The highest BCUT2D eigenvalue weighted by molar-refractivity contribution is 6.30. The lowest BCUT2D eigenvalue weighted by Crippen LogP contribution is -2.60. The van der Waals surface area contributed by atoms with Crippen LogP contribution in [0.2, 0.25) is 5.02 Å². The average molecular weight is 339 g/mol. The Labute approximate surface area is 141 Å². The van der Waals surface area contributed by atoms with E-state index < -0.39 is 23.2 Å². The van der Waals surface area contributed by atoms with Gasteiger partial charge in [0, 0.05) is 18.0 Å². The van der Waals surface area contributed by atoms with Gasteiger partial charge < -0.3 is 14.6 Å². The summed E-state index contributed by atoms with van der Waals surface area (Å²) in [6, 6.07) is 6.98. The summed E-state index contributed by atoms with van der Waals surface area (Å²) in [6.45, 7) is 5.58. The van der Waals surface area contributed by atoms with Gasteiger partial charge >= 0.3 is 6.09 Å². The molecule has 0 N–H and O–H groups in total. The highest BCUT2D eigenvalue weighted by atomic mass is 35.5. The molecule has 1 atom stereocenters. The number of benzene rings is 1. The number of carboxylic acid groups (broad SMARTS) is 1. The number of carbonyl (C=O) groups is 2. The van der Waals surface area contributed by atoms with Gasteiger partial charge in [-0.05, 0) is 51.3 Å². The van der Waals surface area contributed by atoms with Gasteiger partial charge in [0.05, 0.1) is 11.5 Å². The minimum atomic E-state index is -1.40. The summed E-state index contributed by atoms with van der Waals surface area (Å²) in [4.78, 5) is 25.6. The van der Waals surface area contributed by atoms with E-state index in [1.54, 1.807) is 45.0 Å². The fraction of sp³-hybridized carbons (Fsp3) is 0.529. The molecule has 1 aromatic rings. The topological polar surface area (TPSA) is 69.7 Å². The molecule has 0 spiro atoms. The third kappa shape index (κ3) is 3.96. The average Bonchev–Trinajstić information content (AvgIpc) is 2.82. The highest BCUT2D eigenvalue weighted by Crippen LogP contribution is 2.34. The molecule has 1 aliphatic heterocycles. The van der Waals surface area contributed by atoms with Crippen molar-refractivity contribution in [3.63, 3.8) is 0 Å². The number of halogens is 1. The first-order valence-electron chi connectivity index (χ1n) is 7.61. The van der Waals surface area contributed by atoms with Gasteiger partial charge in [0.15, 0.2) is 0 Å². The lowest BCUT2D eigenvalue weighted by Gasteiger charge is -2.40. The number of aliphatic carboxylic acids is 1. The molecule has 1 aromatic carbocycles. The number of ether oxygens (including phenoxy) is 1. The molecule has 1 saturated heterocycles. The zero-order valence-electron chi connectivity index (χ0n) is 13.6. The van der Waals surface area contributed by atoms with Gasteiger partial charge in [0.25, 0.3) is 0 Å². The predicted molar refractivity (Wildman–Crippen MR) is 85.1 cm³/mol. The number of hydrogen-bond acceptors (Lipinski definition) is 4. The Bertz CT molecular complexity index is 611. The molecule has 2 rings (SSSR count). The number of amides is 1. The zero-order valence-corrected chi connectivity index (χ0v) is 14.4. The number of carboxylic acids is 1. The van der Waals surface area contributed by atoms with Crippen LogP contribution in [0.15, 0.2) is 24.3 Å². The summed E-state index contributed by atoms with van der Waals surface area (Å²) in [5, 5.41) is 12.4. The largest absolute Gasteiger partial charge is 0.548 e. The molecule has 126 valence electrons. The molecule has 0 saturated carbocycles. The minimum absolute atomic E-state index is 0.148. The molecule has 0 bridgehead atoms. The maximum atomic E-state index is 12.4. The van der Waals surface area contributed by atoms with Crippen molar-refractivity contribution in [1.82, 2.24) is 4.90 Å². The Hall–Kier alpha value is -1.75. The van der Waals surface area contributed by atoms with Crippen molar-refractivity contribution in [3.8, 4) is 0 Å². The Morgan fingerprint density at radius 3 is 2.65 bits per heavy atom. The molecule has 1 amide bonds. The van der Waals surface area contributed by atoms with Crippen molar-refractivity contribution >= 4 is 23.7 Å². The van der Waals surface area contributed by atoms with Crippen LogP contribution >= 0.6 is 11.6 Å². The van der Waals surface area contributed by atoms with E-state index in [9.17, 15) is 14.7 Å². The second-order valence-electron chi connectivity index (χ2n) is 6.86. The van der Waals surface area contributed by atoms with Crippen molar-refractivity contribution in [1.29, 1.82) is 0 Å². The van der Waals surface area contributed by atoms with Crippen LogP contribution in [-0.2, 0) is 16.0 Å². The maximum absolute atomic E-state index is 12.4. The van der Waals surface area contributed by atoms with Crippen LogP contribution in [0, 0.1) is 0 Å². The summed E-state index contributed by atoms with van der Waals surface area (Å²) in [7, 11) is 0. The van der Waals surface area contributed by atoms with Crippen LogP contribution in [0.25, 0.3) is 0 Å². The highest BCUT2D eigenvalue weighted by Gasteiger charge is 2.46. The van der Waals surface area contributed by atoms with E-state index in [-0.39, 0.29) is 6.42 Å². The molecule has 6 heteroatoms. The van der Waals surface area contributed by atoms with Crippen LogP contribution in [0.1, 0.15) is 39.2 Å². The number of rotatable bonds is 3. The van der Waals surface area contributed by atoms with Gasteiger partial charge in [-0.15, -0.1) is 0 Å². The summed E-state index contributed by atoms with van der Waals surface area (Å²) < 4.78 is 5.36. The van der Waals surface area contributed by atoms with Crippen LogP contribution in [0.4, 0.5) is 4.79 Å². The van der Waals surface area contributed by atoms with Crippen LogP contribution in [0.5, 0.6) is 0 Å². The van der Waals surface area contributed by atoms with E-state index in [2.05, 4.69) is 0 Å². The van der Waals surface area contributed by atoms with E-state index in [4.69, 9.17) is 16.3 Å². The predicted octanol–water partition coefficient (Wildman–Crippen LogP) is 2.40. The van der Waals surface area contributed by atoms with Crippen molar-refractivity contribution in [3.05, 3.63) is 34.9 Å². The van der Waals surface area contributed by atoms with E-state index in [1.807, 2.05) is 0 Å². The quantitative estimate of drug-likeness (QED) is 0.848. The summed E-state index contributed by atoms with van der Waals surface area (Å²) in [5.74, 6) is -1.26. The molecule has 5 nitrogen and oxygen atoms in total. The van der Waals surface area contributed by atoms with Crippen molar-refractivity contribution in [2.45, 2.75) is 51.2 Å². The van der Waals surface area contributed by atoms with Gasteiger partial charge in [0.1, 0.15) is 5.60 Å². The Balaban J connectivity index is 2.31. The van der Waals surface area contributed by atoms with E-state index in [0.717, 1.165) is 5.56 Å². The lowest BCUT2D eigenvalue weighted by atomic mass is 9.88. The molecule has 0 aliphatic carbocycles. The normalized spacial score (nSPS) is 21.3. The number of likely N-dealkylation sites (tertiary alicyclic amines) is 1.